The van der Waals surface area contributed by atoms with E-state index in [0.29, 0.717) is 5.02 Å². The van der Waals surface area contributed by atoms with Gasteiger partial charge in [0.05, 0.1) is 0 Å². The van der Waals surface area contributed by atoms with Crippen LogP contribution >= 0.6 is 23.4 Å². The summed E-state index contributed by atoms with van der Waals surface area (Å²) in [4.78, 5) is 2.30. The first-order valence-electron chi connectivity index (χ1n) is 5.65. The van der Waals surface area contributed by atoms with E-state index in [1.165, 1.54) is 12.2 Å². The van der Waals surface area contributed by atoms with E-state index in [1.54, 1.807) is 6.07 Å². The van der Waals surface area contributed by atoms with Crippen molar-refractivity contribution < 1.29 is 0 Å². The molecule has 0 amide bonds. The Morgan fingerprint density at radius 3 is 2.94 bits per heavy atom. The van der Waals surface area contributed by atoms with Crippen molar-refractivity contribution in [1.82, 2.24) is 0 Å². The predicted octanol–water partition coefficient (Wildman–Crippen LogP) is 2.57. The minimum atomic E-state index is 0.0828. The second-order valence-corrected chi connectivity index (χ2v) is 5.69. The van der Waals surface area contributed by atoms with Gasteiger partial charge in [0.2, 0.25) is 0 Å². The number of amidine groups is 1. The fourth-order valence-corrected chi connectivity index (χ4v) is 3.05. The molecule has 0 aliphatic carbocycles. The van der Waals surface area contributed by atoms with Crippen molar-refractivity contribution in [3.8, 4) is 0 Å². The quantitative estimate of drug-likeness (QED) is 0.641. The smallest absolute Gasteiger partial charge is 0.124 e. The molecule has 1 saturated heterocycles. The number of thioether (sulfide) groups is 1. The van der Waals surface area contributed by atoms with E-state index in [1.807, 2.05) is 23.9 Å². The molecule has 1 aromatic carbocycles. The fraction of sp³-hybridized carbons (Fsp3) is 0.417. The Bertz CT molecular complexity index is 414. The molecule has 0 atom stereocenters. The molecule has 17 heavy (non-hydrogen) atoms. The Morgan fingerprint density at radius 1 is 1.35 bits per heavy atom. The van der Waals surface area contributed by atoms with Gasteiger partial charge in [0.25, 0.3) is 0 Å². The Balaban J connectivity index is 2.32. The van der Waals surface area contributed by atoms with Gasteiger partial charge in [0.1, 0.15) is 5.84 Å². The van der Waals surface area contributed by atoms with Crippen LogP contribution in [0.25, 0.3) is 0 Å². The maximum atomic E-state index is 7.63. The fourth-order valence-electron chi connectivity index (χ4n) is 1.99. The molecule has 92 valence electrons. The molecule has 3 N–H and O–H groups in total. The van der Waals surface area contributed by atoms with E-state index < -0.39 is 0 Å². The number of nitrogens with one attached hydrogen (secondary N) is 1. The molecular formula is C12H16ClN3S. The lowest BCUT2D eigenvalue weighted by Crippen LogP contribution is -2.28. The molecule has 0 saturated carbocycles. The van der Waals surface area contributed by atoms with Crippen LogP contribution in [-0.4, -0.2) is 30.4 Å². The summed E-state index contributed by atoms with van der Waals surface area (Å²) in [6, 6.07) is 5.60. The molecule has 5 heteroatoms. The molecule has 0 bridgehead atoms. The predicted molar refractivity (Wildman–Crippen MR) is 76.6 cm³/mol. The van der Waals surface area contributed by atoms with Gasteiger partial charge in [-0.15, -0.1) is 0 Å². The van der Waals surface area contributed by atoms with Crippen molar-refractivity contribution in [2.45, 2.75) is 6.42 Å². The summed E-state index contributed by atoms with van der Waals surface area (Å²) in [5.74, 6) is 2.42. The largest absolute Gasteiger partial charge is 0.384 e. The van der Waals surface area contributed by atoms with Gasteiger partial charge in [-0.05, 0) is 30.4 Å². The van der Waals surface area contributed by atoms with Crippen molar-refractivity contribution in [1.29, 1.82) is 5.41 Å². The number of nitrogen functional groups attached to an aromatic ring is 1. The molecule has 0 radical (unpaired) electrons. The van der Waals surface area contributed by atoms with Gasteiger partial charge in [-0.3, -0.25) is 5.41 Å². The molecular weight excluding hydrogens is 254 g/mol. The lowest BCUT2D eigenvalue weighted by Gasteiger charge is -2.25. The summed E-state index contributed by atoms with van der Waals surface area (Å²) in [7, 11) is 0. The maximum Gasteiger partial charge on any atom is 0.124 e. The van der Waals surface area contributed by atoms with Crippen LogP contribution in [0.4, 0.5) is 5.69 Å². The second kappa shape index (κ2) is 5.65. The SMILES string of the molecule is N=C(N)c1cc(Cl)ccc1N1CCCSCC1. The highest BCUT2D eigenvalue weighted by molar-refractivity contribution is 7.99. The van der Waals surface area contributed by atoms with Crippen LogP contribution in [-0.2, 0) is 0 Å². The van der Waals surface area contributed by atoms with Crippen molar-refractivity contribution in [2.75, 3.05) is 29.5 Å². The van der Waals surface area contributed by atoms with Gasteiger partial charge in [-0.25, -0.2) is 0 Å². The van der Waals surface area contributed by atoms with Crippen molar-refractivity contribution in [3.05, 3.63) is 28.8 Å². The van der Waals surface area contributed by atoms with Gasteiger partial charge in [-0.1, -0.05) is 11.6 Å². The zero-order valence-electron chi connectivity index (χ0n) is 9.58. The van der Waals surface area contributed by atoms with Crippen LogP contribution in [0.2, 0.25) is 5.02 Å². The molecule has 2 rings (SSSR count). The highest BCUT2D eigenvalue weighted by Gasteiger charge is 2.15. The summed E-state index contributed by atoms with van der Waals surface area (Å²) in [6.45, 7) is 2.03. The monoisotopic (exact) mass is 269 g/mol. The minimum absolute atomic E-state index is 0.0828. The van der Waals surface area contributed by atoms with Gasteiger partial charge >= 0.3 is 0 Å². The van der Waals surface area contributed by atoms with Gasteiger partial charge < -0.3 is 10.6 Å². The average molecular weight is 270 g/mol. The van der Waals surface area contributed by atoms with E-state index in [4.69, 9.17) is 22.7 Å². The normalized spacial score (nSPS) is 16.6. The Labute approximate surface area is 111 Å². The highest BCUT2D eigenvalue weighted by atomic mass is 35.5. The standard InChI is InChI=1S/C12H16ClN3S/c13-9-2-3-11(10(8-9)12(14)15)16-4-1-6-17-7-5-16/h2-3,8H,1,4-7H2,(H3,14,15). The number of nitrogens with zero attached hydrogens (tertiary/aromatic N) is 1. The highest BCUT2D eigenvalue weighted by Crippen LogP contribution is 2.26. The summed E-state index contributed by atoms with van der Waals surface area (Å²) in [5.41, 5.74) is 7.39. The Kier molecular flexibility index (Phi) is 4.18. The first-order chi connectivity index (χ1) is 8.18. The molecule has 1 heterocycles. The van der Waals surface area contributed by atoms with Crippen LogP contribution in [0.1, 0.15) is 12.0 Å². The third kappa shape index (κ3) is 3.07. The molecule has 1 fully saturated rings. The molecule has 1 aliphatic heterocycles. The molecule has 1 aromatic rings. The van der Waals surface area contributed by atoms with Gasteiger partial charge in [0, 0.05) is 35.1 Å². The first-order valence-corrected chi connectivity index (χ1v) is 7.18. The minimum Gasteiger partial charge on any atom is -0.384 e. The van der Waals surface area contributed by atoms with E-state index in [0.717, 1.165) is 30.1 Å². The molecule has 0 spiro atoms. The molecule has 1 aliphatic rings. The number of rotatable bonds is 2. The van der Waals surface area contributed by atoms with Crippen LogP contribution in [0, 0.1) is 5.41 Å². The number of hydrogen-bond acceptors (Lipinski definition) is 3. The second-order valence-electron chi connectivity index (χ2n) is 4.03. The van der Waals surface area contributed by atoms with Gasteiger partial charge in [-0.2, -0.15) is 11.8 Å². The van der Waals surface area contributed by atoms with Crippen LogP contribution in [0.15, 0.2) is 18.2 Å². The lowest BCUT2D eigenvalue weighted by molar-refractivity contribution is 0.815. The van der Waals surface area contributed by atoms with E-state index >= 15 is 0 Å². The summed E-state index contributed by atoms with van der Waals surface area (Å²) in [6.07, 6.45) is 1.17. The maximum absolute atomic E-state index is 7.63. The molecule has 0 aromatic heterocycles. The molecule has 0 unspecified atom stereocenters. The van der Waals surface area contributed by atoms with Crippen LogP contribution < -0.4 is 10.6 Å². The Hall–Kier alpha value is -0.870. The van der Waals surface area contributed by atoms with Crippen LogP contribution in [0.3, 0.4) is 0 Å². The lowest BCUT2D eigenvalue weighted by atomic mass is 10.1. The number of benzene rings is 1. The zero-order valence-corrected chi connectivity index (χ0v) is 11.2. The Morgan fingerprint density at radius 2 is 2.18 bits per heavy atom. The van der Waals surface area contributed by atoms with Crippen molar-refractivity contribution in [3.63, 3.8) is 0 Å². The number of halogens is 1. The zero-order chi connectivity index (χ0) is 12.3. The number of nitrogens with two attached hydrogens (primary N) is 1. The summed E-state index contributed by atoms with van der Waals surface area (Å²) >= 11 is 7.94. The molecule has 3 nitrogen and oxygen atoms in total. The van der Waals surface area contributed by atoms with Gasteiger partial charge in [0.15, 0.2) is 0 Å². The first kappa shape index (κ1) is 12.6. The topological polar surface area (TPSA) is 53.1 Å². The van der Waals surface area contributed by atoms with Crippen molar-refractivity contribution in [2.24, 2.45) is 5.73 Å². The van der Waals surface area contributed by atoms with Crippen molar-refractivity contribution >= 4 is 34.9 Å². The summed E-state index contributed by atoms with van der Waals surface area (Å²) < 4.78 is 0. The number of hydrogen-bond donors (Lipinski definition) is 2. The van der Waals surface area contributed by atoms with E-state index in [2.05, 4.69) is 4.90 Å². The summed E-state index contributed by atoms with van der Waals surface area (Å²) in [5, 5.41) is 8.26. The van der Waals surface area contributed by atoms with E-state index in [9.17, 15) is 0 Å². The third-order valence-electron chi connectivity index (χ3n) is 2.81. The van der Waals surface area contributed by atoms with Crippen LogP contribution in [0.5, 0.6) is 0 Å². The third-order valence-corrected chi connectivity index (χ3v) is 4.10. The van der Waals surface area contributed by atoms with E-state index in [-0.39, 0.29) is 5.84 Å². The average Bonchev–Trinajstić information content (AvgIpc) is 2.57. The number of anilines is 1.